The fourth-order valence-corrected chi connectivity index (χ4v) is 3.63. The first-order chi connectivity index (χ1) is 13.1. The molecule has 2 aromatic carbocycles. The lowest BCUT2D eigenvalue weighted by Gasteiger charge is -2.30. The molecule has 0 bridgehead atoms. The van der Waals surface area contributed by atoms with Crippen LogP contribution in [0.15, 0.2) is 60.0 Å². The summed E-state index contributed by atoms with van der Waals surface area (Å²) in [7, 11) is 0. The number of ether oxygens (including phenoxy) is 1. The molecule has 27 heavy (non-hydrogen) atoms. The monoisotopic (exact) mass is 378 g/mol. The fourth-order valence-electron chi connectivity index (χ4n) is 3.01. The summed E-state index contributed by atoms with van der Waals surface area (Å²) in [6.07, 6.45) is 0. The normalized spacial score (nSPS) is 13.1. The maximum absolute atomic E-state index is 12.5. The maximum Gasteiger partial charge on any atom is 0.265 e. The maximum atomic E-state index is 12.5. The Balaban J connectivity index is 1.63. The summed E-state index contributed by atoms with van der Waals surface area (Å²) in [6.45, 7) is 2.50. The lowest BCUT2D eigenvalue weighted by molar-refractivity contribution is -0.121. The molecule has 0 radical (unpaired) electrons. The zero-order valence-electron chi connectivity index (χ0n) is 14.8. The van der Waals surface area contributed by atoms with Crippen molar-refractivity contribution in [2.45, 2.75) is 13.5 Å². The molecule has 5 nitrogen and oxygen atoms in total. The van der Waals surface area contributed by atoms with Gasteiger partial charge in [0.1, 0.15) is 5.75 Å². The van der Waals surface area contributed by atoms with E-state index in [-0.39, 0.29) is 18.4 Å². The van der Waals surface area contributed by atoms with E-state index in [4.69, 9.17) is 4.74 Å². The third-order valence-corrected chi connectivity index (χ3v) is 5.36. The van der Waals surface area contributed by atoms with Crippen LogP contribution in [0.3, 0.4) is 0 Å². The molecule has 2 heterocycles. The Bertz CT molecular complexity index is 998. The predicted octanol–water partition coefficient (Wildman–Crippen LogP) is 4.23. The molecular weight excluding hydrogens is 360 g/mol. The number of thiophene rings is 1. The number of carbonyl (C=O) groups is 2. The summed E-state index contributed by atoms with van der Waals surface area (Å²) >= 11 is 1.38. The van der Waals surface area contributed by atoms with Gasteiger partial charge in [-0.15, -0.1) is 11.3 Å². The number of nitrogens with zero attached hydrogens (tertiary/aromatic N) is 1. The molecule has 0 saturated carbocycles. The molecule has 136 valence electrons. The molecule has 0 unspecified atom stereocenters. The highest BCUT2D eigenvalue weighted by Crippen LogP contribution is 2.36. The fraction of sp³-hybridized carbons (Fsp3) is 0.143. The van der Waals surface area contributed by atoms with Gasteiger partial charge in [-0.1, -0.05) is 30.3 Å². The van der Waals surface area contributed by atoms with Crippen molar-refractivity contribution in [2.24, 2.45) is 0 Å². The third kappa shape index (κ3) is 3.57. The van der Waals surface area contributed by atoms with Gasteiger partial charge in [-0.25, -0.2) is 0 Å². The third-order valence-electron chi connectivity index (χ3n) is 4.49. The van der Waals surface area contributed by atoms with E-state index in [2.05, 4.69) is 5.32 Å². The van der Waals surface area contributed by atoms with Crippen molar-refractivity contribution in [3.8, 4) is 5.75 Å². The number of carbonyl (C=O) groups excluding carboxylic acids is 2. The van der Waals surface area contributed by atoms with Gasteiger partial charge in [-0.3, -0.25) is 9.59 Å². The summed E-state index contributed by atoms with van der Waals surface area (Å²) in [5.74, 6) is 0.364. The Labute approximate surface area is 161 Å². The second-order valence-corrected chi connectivity index (χ2v) is 7.26. The van der Waals surface area contributed by atoms with Crippen molar-refractivity contribution in [3.63, 3.8) is 0 Å². The molecule has 1 aromatic heterocycles. The standard InChI is InChI=1S/C21H18N2O3S/c1-14-5-2-3-6-15(14)12-23-17-11-16(8-9-18(17)26-13-20(23)24)22-21(25)19-7-4-10-27-19/h2-11H,12-13H2,1H3,(H,22,25). The largest absolute Gasteiger partial charge is 0.482 e. The molecule has 0 fully saturated rings. The van der Waals surface area contributed by atoms with Crippen molar-refractivity contribution < 1.29 is 14.3 Å². The van der Waals surface area contributed by atoms with E-state index in [0.29, 0.717) is 28.5 Å². The van der Waals surface area contributed by atoms with Gasteiger partial charge in [-0.2, -0.15) is 0 Å². The first-order valence-electron chi connectivity index (χ1n) is 8.58. The van der Waals surface area contributed by atoms with Gasteiger partial charge in [0.25, 0.3) is 11.8 Å². The van der Waals surface area contributed by atoms with E-state index in [1.165, 1.54) is 11.3 Å². The molecule has 1 N–H and O–H groups in total. The number of hydrogen-bond acceptors (Lipinski definition) is 4. The number of fused-ring (bicyclic) bond motifs is 1. The average Bonchev–Trinajstić information content (AvgIpc) is 3.21. The van der Waals surface area contributed by atoms with Gasteiger partial charge < -0.3 is 15.0 Å². The molecule has 4 rings (SSSR count). The number of amides is 2. The number of nitrogens with one attached hydrogen (secondary N) is 1. The Morgan fingerprint density at radius 1 is 1.19 bits per heavy atom. The Hall–Kier alpha value is -3.12. The molecule has 1 aliphatic heterocycles. The molecule has 3 aromatic rings. The van der Waals surface area contributed by atoms with Gasteiger partial charge in [0, 0.05) is 5.69 Å². The Kier molecular flexibility index (Phi) is 4.64. The number of benzene rings is 2. The SMILES string of the molecule is Cc1ccccc1CN1C(=O)COc2ccc(NC(=O)c3cccs3)cc21. The average molecular weight is 378 g/mol. The van der Waals surface area contributed by atoms with E-state index in [0.717, 1.165) is 11.1 Å². The molecule has 6 heteroatoms. The highest BCUT2D eigenvalue weighted by atomic mass is 32.1. The smallest absolute Gasteiger partial charge is 0.265 e. The lowest BCUT2D eigenvalue weighted by atomic mass is 10.1. The van der Waals surface area contributed by atoms with Crippen LogP contribution in [0.25, 0.3) is 0 Å². The quantitative estimate of drug-likeness (QED) is 0.739. The summed E-state index contributed by atoms with van der Waals surface area (Å²) in [6, 6.07) is 17.0. The van der Waals surface area contributed by atoms with Crippen molar-refractivity contribution in [2.75, 3.05) is 16.8 Å². The Morgan fingerprint density at radius 3 is 2.81 bits per heavy atom. The zero-order valence-corrected chi connectivity index (χ0v) is 15.6. The molecule has 0 atom stereocenters. The van der Waals surface area contributed by atoms with E-state index in [9.17, 15) is 9.59 Å². The van der Waals surface area contributed by atoms with Gasteiger partial charge in [0.2, 0.25) is 0 Å². The highest BCUT2D eigenvalue weighted by Gasteiger charge is 2.26. The molecule has 1 aliphatic rings. The second-order valence-electron chi connectivity index (χ2n) is 6.31. The van der Waals surface area contributed by atoms with Crippen LogP contribution in [0.2, 0.25) is 0 Å². The van der Waals surface area contributed by atoms with Crippen LogP contribution in [-0.2, 0) is 11.3 Å². The first-order valence-corrected chi connectivity index (χ1v) is 9.46. The minimum Gasteiger partial charge on any atom is -0.482 e. The van der Waals surface area contributed by atoms with Gasteiger partial charge in [-0.05, 0) is 47.7 Å². The molecular formula is C21H18N2O3S. The zero-order chi connectivity index (χ0) is 18.8. The summed E-state index contributed by atoms with van der Waals surface area (Å²) in [4.78, 5) is 27.2. The van der Waals surface area contributed by atoms with E-state index in [1.807, 2.05) is 42.6 Å². The van der Waals surface area contributed by atoms with Crippen LogP contribution in [0, 0.1) is 6.92 Å². The van der Waals surface area contributed by atoms with E-state index < -0.39 is 0 Å². The lowest BCUT2D eigenvalue weighted by Crippen LogP contribution is -2.38. The van der Waals surface area contributed by atoms with Gasteiger partial charge in [0.15, 0.2) is 6.61 Å². The first kappa shape index (κ1) is 17.3. The van der Waals surface area contributed by atoms with Crippen molar-refractivity contribution in [1.82, 2.24) is 0 Å². The summed E-state index contributed by atoms with van der Waals surface area (Å²) < 4.78 is 5.56. The van der Waals surface area contributed by atoms with Gasteiger partial charge in [0.05, 0.1) is 17.1 Å². The van der Waals surface area contributed by atoms with E-state index >= 15 is 0 Å². The van der Waals surface area contributed by atoms with Crippen LogP contribution in [-0.4, -0.2) is 18.4 Å². The van der Waals surface area contributed by atoms with Crippen LogP contribution in [0.4, 0.5) is 11.4 Å². The second kappa shape index (κ2) is 7.25. The molecule has 2 amide bonds. The van der Waals surface area contributed by atoms with Crippen LogP contribution < -0.4 is 15.0 Å². The predicted molar refractivity (Wildman–Crippen MR) is 107 cm³/mol. The summed E-state index contributed by atoms with van der Waals surface area (Å²) in [5, 5.41) is 4.74. The minimum absolute atomic E-state index is 0.0137. The van der Waals surface area contributed by atoms with Crippen molar-refractivity contribution in [3.05, 3.63) is 76.0 Å². The number of aryl methyl sites for hydroxylation is 1. The summed E-state index contributed by atoms with van der Waals surface area (Å²) in [5.41, 5.74) is 3.49. The highest BCUT2D eigenvalue weighted by molar-refractivity contribution is 7.12. The van der Waals surface area contributed by atoms with Crippen molar-refractivity contribution in [1.29, 1.82) is 0 Å². The number of anilines is 2. The number of rotatable bonds is 4. The molecule has 0 spiro atoms. The molecule has 0 aliphatic carbocycles. The van der Waals surface area contributed by atoms with Crippen LogP contribution in [0.1, 0.15) is 20.8 Å². The van der Waals surface area contributed by atoms with Crippen LogP contribution >= 0.6 is 11.3 Å². The van der Waals surface area contributed by atoms with Gasteiger partial charge >= 0.3 is 0 Å². The van der Waals surface area contributed by atoms with Crippen LogP contribution in [0.5, 0.6) is 5.75 Å². The topological polar surface area (TPSA) is 58.6 Å². The number of hydrogen-bond donors (Lipinski definition) is 1. The minimum atomic E-state index is -0.168. The van der Waals surface area contributed by atoms with Crippen molar-refractivity contribution >= 4 is 34.5 Å². The van der Waals surface area contributed by atoms with E-state index in [1.54, 1.807) is 29.2 Å². The molecule has 0 saturated heterocycles. The Morgan fingerprint density at radius 2 is 2.04 bits per heavy atom.